The summed E-state index contributed by atoms with van der Waals surface area (Å²) in [5, 5.41) is 9.89. The van der Waals surface area contributed by atoms with Gasteiger partial charge in [-0.2, -0.15) is 5.26 Å². The molecule has 2 heterocycles. The zero-order chi connectivity index (χ0) is 19.5. The third-order valence-corrected chi connectivity index (χ3v) is 5.25. The summed E-state index contributed by atoms with van der Waals surface area (Å²) in [5.74, 6) is 0.384. The molecule has 0 aliphatic carbocycles. The molecule has 1 saturated heterocycles. The van der Waals surface area contributed by atoms with Crippen molar-refractivity contribution in [1.82, 2.24) is 9.80 Å². The third-order valence-electron chi connectivity index (χ3n) is 5.25. The maximum absolute atomic E-state index is 12.9. The number of aryl methyl sites for hydroxylation is 1. The third kappa shape index (κ3) is 3.92. The van der Waals surface area contributed by atoms with Gasteiger partial charge < -0.3 is 9.32 Å². The lowest BCUT2D eigenvalue weighted by Gasteiger charge is -2.21. The van der Waals surface area contributed by atoms with Gasteiger partial charge in [0.25, 0.3) is 5.91 Å². The highest BCUT2D eigenvalue weighted by Crippen LogP contribution is 2.22. The van der Waals surface area contributed by atoms with Gasteiger partial charge in [0, 0.05) is 38.1 Å². The Morgan fingerprint density at radius 1 is 1.07 bits per heavy atom. The van der Waals surface area contributed by atoms with Crippen molar-refractivity contribution in [2.75, 3.05) is 26.2 Å². The van der Waals surface area contributed by atoms with Crippen LogP contribution < -0.4 is 0 Å². The van der Waals surface area contributed by atoms with E-state index in [4.69, 9.17) is 9.68 Å². The quantitative estimate of drug-likeness (QED) is 0.697. The van der Waals surface area contributed by atoms with Crippen molar-refractivity contribution in [2.45, 2.75) is 19.9 Å². The van der Waals surface area contributed by atoms with Crippen molar-refractivity contribution in [3.63, 3.8) is 0 Å². The molecule has 1 fully saturated rings. The average molecular weight is 373 g/mol. The van der Waals surface area contributed by atoms with Crippen LogP contribution in [0.5, 0.6) is 0 Å². The van der Waals surface area contributed by atoms with Gasteiger partial charge in [-0.1, -0.05) is 23.8 Å². The molecule has 142 valence electrons. The van der Waals surface area contributed by atoms with Gasteiger partial charge in [0.15, 0.2) is 5.76 Å². The van der Waals surface area contributed by atoms with Crippen molar-refractivity contribution in [3.8, 4) is 6.07 Å². The second-order valence-electron chi connectivity index (χ2n) is 7.38. The monoisotopic (exact) mass is 373 g/mol. The Bertz CT molecular complexity index is 1030. The van der Waals surface area contributed by atoms with Crippen molar-refractivity contribution >= 4 is 16.9 Å². The van der Waals surface area contributed by atoms with Gasteiger partial charge in [-0.05, 0) is 49.2 Å². The summed E-state index contributed by atoms with van der Waals surface area (Å²) in [7, 11) is 0. The van der Waals surface area contributed by atoms with E-state index in [9.17, 15) is 4.79 Å². The first-order valence-electron chi connectivity index (χ1n) is 9.63. The lowest BCUT2D eigenvalue weighted by Crippen LogP contribution is -2.34. The molecule has 2 aromatic carbocycles. The minimum atomic E-state index is -0.0333. The highest BCUT2D eigenvalue weighted by molar-refractivity contribution is 5.96. The smallest absolute Gasteiger partial charge is 0.289 e. The number of fused-ring (bicyclic) bond motifs is 1. The van der Waals surface area contributed by atoms with Crippen LogP contribution in [0.3, 0.4) is 0 Å². The van der Waals surface area contributed by atoms with Crippen molar-refractivity contribution in [1.29, 1.82) is 5.26 Å². The minimum Gasteiger partial charge on any atom is -0.451 e. The molecule has 0 atom stereocenters. The molecule has 0 N–H and O–H groups in total. The molecule has 4 rings (SSSR count). The Morgan fingerprint density at radius 3 is 2.68 bits per heavy atom. The van der Waals surface area contributed by atoms with E-state index in [0.717, 1.165) is 49.1 Å². The fourth-order valence-electron chi connectivity index (χ4n) is 3.70. The number of carbonyl (C=O) groups is 1. The number of hydrogen-bond acceptors (Lipinski definition) is 4. The van der Waals surface area contributed by atoms with Gasteiger partial charge in [-0.15, -0.1) is 0 Å². The average Bonchev–Trinajstić information content (AvgIpc) is 2.99. The van der Waals surface area contributed by atoms with Gasteiger partial charge >= 0.3 is 0 Å². The van der Waals surface area contributed by atoms with Gasteiger partial charge in [-0.25, -0.2) is 0 Å². The molecule has 3 aromatic rings. The maximum Gasteiger partial charge on any atom is 0.289 e. The van der Waals surface area contributed by atoms with E-state index in [1.807, 2.05) is 60.4 Å². The van der Waals surface area contributed by atoms with Gasteiger partial charge in [0.1, 0.15) is 5.58 Å². The van der Waals surface area contributed by atoms with Crippen LogP contribution in [-0.2, 0) is 6.54 Å². The molecule has 1 aromatic heterocycles. The van der Waals surface area contributed by atoms with Crippen LogP contribution in [0.15, 0.2) is 52.9 Å². The summed E-state index contributed by atoms with van der Waals surface area (Å²) in [6.45, 7) is 6.06. The Labute approximate surface area is 164 Å². The van der Waals surface area contributed by atoms with Gasteiger partial charge in [0.2, 0.25) is 0 Å². The number of nitriles is 1. The normalized spacial score (nSPS) is 15.4. The molecule has 0 radical (unpaired) electrons. The van der Waals surface area contributed by atoms with Crippen LogP contribution >= 0.6 is 0 Å². The number of hydrogen-bond donors (Lipinski definition) is 0. The summed E-state index contributed by atoms with van der Waals surface area (Å²) in [5.41, 5.74) is 3.77. The Morgan fingerprint density at radius 2 is 1.89 bits per heavy atom. The van der Waals surface area contributed by atoms with E-state index >= 15 is 0 Å². The van der Waals surface area contributed by atoms with E-state index < -0.39 is 0 Å². The molecule has 28 heavy (non-hydrogen) atoms. The van der Waals surface area contributed by atoms with Gasteiger partial charge in [-0.3, -0.25) is 9.69 Å². The van der Waals surface area contributed by atoms with E-state index in [-0.39, 0.29) is 5.91 Å². The molecular weight excluding hydrogens is 350 g/mol. The van der Waals surface area contributed by atoms with Crippen LogP contribution in [0, 0.1) is 18.3 Å². The molecule has 1 aliphatic rings. The predicted molar refractivity (Wildman–Crippen MR) is 108 cm³/mol. The topological polar surface area (TPSA) is 60.5 Å². The number of carbonyl (C=O) groups excluding carboxylic acids is 1. The molecule has 1 aliphatic heterocycles. The molecule has 0 saturated carbocycles. The lowest BCUT2D eigenvalue weighted by molar-refractivity contribution is 0.0731. The second-order valence-corrected chi connectivity index (χ2v) is 7.38. The highest BCUT2D eigenvalue weighted by Gasteiger charge is 2.23. The molecule has 0 unspecified atom stereocenters. The van der Waals surface area contributed by atoms with Gasteiger partial charge in [0.05, 0.1) is 11.6 Å². The van der Waals surface area contributed by atoms with Crippen LogP contribution in [0.25, 0.3) is 11.0 Å². The number of furan rings is 1. The number of rotatable bonds is 3. The first-order chi connectivity index (χ1) is 13.6. The van der Waals surface area contributed by atoms with Crippen LogP contribution in [0.2, 0.25) is 0 Å². The first-order valence-corrected chi connectivity index (χ1v) is 9.63. The highest BCUT2D eigenvalue weighted by atomic mass is 16.3. The minimum absolute atomic E-state index is 0.0333. The number of benzene rings is 2. The SMILES string of the molecule is Cc1ccc2oc(C(=O)N3CCCN(Cc4ccc(C#N)cc4)CC3)cc2c1. The Hall–Kier alpha value is -3.10. The van der Waals surface area contributed by atoms with Crippen molar-refractivity contribution < 1.29 is 9.21 Å². The fourth-order valence-corrected chi connectivity index (χ4v) is 3.70. The Balaban J connectivity index is 1.41. The standard InChI is InChI=1S/C23H23N3O2/c1-17-3-8-21-20(13-17)14-22(28-21)23(27)26-10-2-9-25(11-12-26)16-19-6-4-18(15-24)5-7-19/h3-8,13-14H,2,9-12,16H2,1H3. The Kier molecular flexibility index (Phi) is 5.14. The molecular formula is C23H23N3O2. The molecule has 5 heteroatoms. The summed E-state index contributed by atoms with van der Waals surface area (Å²) >= 11 is 0. The van der Waals surface area contributed by atoms with E-state index in [1.165, 1.54) is 5.56 Å². The van der Waals surface area contributed by atoms with Crippen LogP contribution in [-0.4, -0.2) is 41.9 Å². The predicted octanol–water partition coefficient (Wildman–Crippen LogP) is 3.96. The van der Waals surface area contributed by atoms with E-state index in [1.54, 1.807) is 0 Å². The maximum atomic E-state index is 12.9. The van der Waals surface area contributed by atoms with E-state index in [0.29, 0.717) is 17.9 Å². The molecule has 1 amide bonds. The molecule has 5 nitrogen and oxygen atoms in total. The fraction of sp³-hybridized carbons (Fsp3) is 0.304. The summed E-state index contributed by atoms with van der Waals surface area (Å²) < 4.78 is 5.79. The summed E-state index contributed by atoms with van der Waals surface area (Å²) in [4.78, 5) is 17.2. The van der Waals surface area contributed by atoms with Crippen molar-refractivity contribution in [2.24, 2.45) is 0 Å². The largest absolute Gasteiger partial charge is 0.451 e. The van der Waals surface area contributed by atoms with Crippen LogP contribution in [0.1, 0.15) is 33.7 Å². The lowest BCUT2D eigenvalue weighted by atomic mass is 10.1. The zero-order valence-electron chi connectivity index (χ0n) is 16.0. The first kappa shape index (κ1) is 18.3. The van der Waals surface area contributed by atoms with Crippen LogP contribution in [0.4, 0.5) is 0 Å². The summed E-state index contributed by atoms with van der Waals surface area (Å²) in [6, 6.07) is 17.7. The second kappa shape index (κ2) is 7.87. The summed E-state index contributed by atoms with van der Waals surface area (Å²) in [6.07, 6.45) is 0.932. The zero-order valence-corrected chi connectivity index (χ0v) is 16.0. The van der Waals surface area contributed by atoms with Crippen molar-refractivity contribution in [3.05, 3.63) is 71.0 Å². The number of amides is 1. The molecule has 0 bridgehead atoms. The number of nitrogens with zero attached hydrogens (tertiary/aromatic N) is 3. The molecule has 0 spiro atoms. The van der Waals surface area contributed by atoms with E-state index in [2.05, 4.69) is 11.0 Å².